The number of carbonyl (C=O) groups excluding carboxylic acids is 2. The Bertz CT molecular complexity index is 1280. The van der Waals surface area contributed by atoms with Gasteiger partial charge in [0.15, 0.2) is 11.5 Å². The molecule has 2 aromatic carbocycles. The summed E-state index contributed by atoms with van der Waals surface area (Å²) in [7, 11) is 7.41. The lowest BCUT2D eigenvalue weighted by Gasteiger charge is -2.40. The molecule has 3 aliphatic rings. The predicted octanol–water partition coefficient (Wildman–Crippen LogP) is 5.20. The number of anilines is 1. The van der Waals surface area contributed by atoms with Crippen molar-refractivity contribution < 1.29 is 23.8 Å². The van der Waals surface area contributed by atoms with Crippen molar-refractivity contribution in [1.82, 2.24) is 14.7 Å². The molecule has 2 aromatic rings. The normalized spacial score (nSPS) is 20.6. The van der Waals surface area contributed by atoms with Gasteiger partial charge in [-0.2, -0.15) is 0 Å². The van der Waals surface area contributed by atoms with Crippen molar-refractivity contribution in [3.05, 3.63) is 47.5 Å². The highest BCUT2D eigenvalue weighted by atomic mass is 16.5. The van der Waals surface area contributed by atoms with Crippen molar-refractivity contribution in [2.45, 2.75) is 70.5 Å². The highest BCUT2D eigenvalue weighted by molar-refractivity contribution is 5.93. The van der Waals surface area contributed by atoms with E-state index in [1.165, 1.54) is 19.3 Å². The topological polar surface area (TPSA) is 74.8 Å². The first-order valence-corrected chi connectivity index (χ1v) is 15.8. The van der Waals surface area contributed by atoms with Crippen molar-refractivity contribution in [3.8, 4) is 17.2 Å². The smallest absolute Gasteiger partial charge is 0.325 e. The van der Waals surface area contributed by atoms with Crippen LogP contribution >= 0.6 is 0 Å². The molecule has 234 valence electrons. The molecule has 2 atom stereocenters. The molecule has 0 radical (unpaired) electrons. The standard InChI is InChI=1S/C34H48N4O5/c1-24-14-17-37(28-12-13-30(41-4)32(21-28)43-18-6-7-25-8-9-25)34(40)38(24)22-27-11-10-26(19-31(27)42-5)20-33(39)36-16-15-29(23-36)35(2)3/h10-13,19,21,24-25,29H,6-9,14-18,20,22-23H2,1-5H3/t24-,29+/m0/s1. The molecule has 1 aliphatic carbocycles. The third-order valence-corrected chi connectivity index (χ3v) is 9.24. The maximum Gasteiger partial charge on any atom is 0.325 e. The fraction of sp³-hybridized carbons (Fsp3) is 0.588. The number of nitrogens with zero attached hydrogens (tertiary/aromatic N) is 4. The Morgan fingerprint density at radius 1 is 0.953 bits per heavy atom. The van der Waals surface area contributed by atoms with Gasteiger partial charge in [-0.15, -0.1) is 0 Å². The van der Waals surface area contributed by atoms with E-state index in [9.17, 15) is 9.59 Å². The number of benzene rings is 2. The summed E-state index contributed by atoms with van der Waals surface area (Å²) in [5.41, 5.74) is 2.64. The molecule has 2 heterocycles. The average molecular weight is 593 g/mol. The minimum absolute atomic E-state index is 0.0469. The second-order valence-electron chi connectivity index (χ2n) is 12.5. The number of hydrogen-bond acceptors (Lipinski definition) is 6. The van der Waals surface area contributed by atoms with Crippen molar-refractivity contribution in [3.63, 3.8) is 0 Å². The average Bonchev–Trinajstić information content (AvgIpc) is 3.69. The molecule has 9 heteroatoms. The van der Waals surface area contributed by atoms with Gasteiger partial charge in [-0.1, -0.05) is 25.0 Å². The number of likely N-dealkylation sites (N-methyl/N-ethyl adjacent to an activating group) is 1. The molecule has 3 fully saturated rings. The summed E-state index contributed by atoms with van der Waals surface area (Å²) < 4.78 is 17.4. The van der Waals surface area contributed by atoms with Crippen LogP contribution in [0.15, 0.2) is 36.4 Å². The van der Waals surface area contributed by atoms with E-state index < -0.39 is 0 Å². The van der Waals surface area contributed by atoms with Gasteiger partial charge in [0.05, 0.1) is 33.8 Å². The summed E-state index contributed by atoms with van der Waals surface area (Å²) in [5.74, 6) is 3.06. The molecule has 0 bridgehead atoms. The summed E-state index contributed by atoms with van der Waals surface area (Å²) >= 11 is 0. The van der Waals surface area contributed by atoms with Crippen LogP contribution in [0, 0.1) is 5.92 Å². The van der Waals surface area contributed by atoms with E-state index in [0.717, 1.165) is 55.1 Å². The van der Waals surface area contributed by atoms with Gasteiger partial charge in [0, 0.05) is 49.0 Å². The third kappa shape index (κ3) is 7.55. The molecule has 5 rings (SSSR count). The predicted molar refractivity (Wildman–Crippen MR) is 168 cm³/mol. The highest BCUT2D eigenvalue weighted by Crippen LogP contribution is 2.36. The number of ether oxygens (including phenoxy) is 3. The summed E-state index contributed by atoms with van der Waals surface area (Å²) in [5, 5.41) is 0. The van der Waals surface area contributed by atoms with Gasteiger partial charge in [0.25, 0.3) is 0 Å². The van der Waals surface area contributed by atoms with E-state index in [1.807, 2.05) is 51.1 Å². The van der Waals surface area contributed by atoms with Crippen LogP contribution in [0.5, 0.6) is 17.2 Å². The third-order valence-electron chi connectivity index (χ3n) is 9.24. The maximum atomic E-state index is 13.9. The zero-order valence-electron chi connectivity index (χ0n) is 26.5. The van der Waals surface area contributed by atoms with Crippen LogP contribution in [0.3, 0.4) is 0 Å². The molecule has 0 unspecified atom stereocenters. The molecule has 0 spiro atoms. The van der Waals surface area contributed by atoms with Gasteiger partial charge in [0.2, 0.25) is 5.91 Å². The SMILES string of the molecule is COc1cc(CC(=O)N2CC[C@@H](N(C)C)C2)ccc1CN1C(=O)N(c2ccc(OC)c(OCCCC3CC3)c2)CC[C@@H]1C. The number of amides is 3. The summed E-state index contributed by atoms with van der Waals surface area (Å²) in [6.45, 7) is 5.36. The molecular formula is C34H48N4O5. The van der Waals surface area contributed by atoms with Crippen LogP contribution in [-0.2, 0) is 17.8 Å². The van der Waals surface area contributed by atoms with Gasteiger partial charge in [-0.05, 0) is 76.4 Å². The first-order valence-electron chi connectivity index (χ1n) is 15.8. The quantitative estimate of drug-likeness (QED) is 0.298. The van der Waals surface area contributed by atoms with Gasteiger partial charge in [-0.3, -0.25) is 9.69 Å². The number of likely N-dealkylation sites (tertiary alicyclic amines) is 1. The molecule has 0 N–H and O–H groups in total. The van der Waals surface area contributed by atoms with Gasteiger partial charge in [-0.25, -0.2) is 4.79 Å². The Labute approximate surface area is 256 Å². The summed E-state index contributed by atoms with van der Waals surface area (Å²) in [4.78, 5) is 34.7. The highest BCUT2D eigenvalue weighted by Gasteiger charge is 2.33. The fourth-order valence-corrected chi connectivity index (χ4v) is 6.17. The number of hydrogen-bond donors (Lipinski definition) is 0. The van der Waals surface area contributed by atoms with E-state index in [0.29, 0.717) is 49.4 Å². The molecule has 0 aromatic heterocycles. The second kappa shape index (κ2) is 13.9. The Hall–Kier alpha value is -3.46. The van der Waals surface area contributed by atoms with Crippen LogP contribution in [-0.4, -0.2) is 93.3 Å². The monoisotopic (exact) mass is 592 g/mol. The molecular weight excluding hydrogens is 544 g/mol. The van der Waals surface area contributed by atoms with Crippen LogP contribution in [0.2, 0.25) is 0 Å². The van der Waals surface area contributed by atoms with Crippen LogP contribution in [0.1, 0.15) is 56.6 Å². The van der Waals surface area contributed by atoms with Crippen LogP contribution in [0.4, 0.5) is 10.5 Å². The van der Waals surface area contributed by atoms with Crippen molar-refractivity contribution in [1.29, 1.82) is 0 Å². The van der Waals surface area contributed by atoms with Crippen molar-refractivity contribution in [2.75, 3.05) is 59.5 Å². The Kier molecular flexibility index (Phi) is 10.0. The molecule has 43 heavy (non-hydrogen) atoms. The van der Waals surface area contributed by atoms with Crippen LogP contribution < -0.4 is 19.1 Å². The summed E-state index contributed by atoms with van der Waals surface area (Å²) in [6, 6.07) is 12.1. The Morgan fingerprint density at radius 2 is 1.74 bits per heavy atom. The van der Waals surface area contributed by atoms with E-state index in [1.54, 1.807) is 14.2 Å². The van der Waals surface area contributed by atoms with Gasteiger partial charge >= 0.3 is 6.03 Å². The number of methoxy groups -OCH3 is 2. The zero-order chi connectivity index (χ0) is 30.5. The van der Waals surface area contributed by atoms with E-state index in [-0.39, 0.29) is 18.0 Å². The van der Waals surface area contributed by atoms with E-state index >= 15 is 0 Å². The number of rotatable bonds is 13. The first-order chi connectivity index (χ1) is 20.8. The largest absolute Gasteiger partial charge is 0.496 e. The lowest BCUT2D eigenvalue weighted by atomic mass is 10.0. The van der Waals surface area contributed by atoms with Crippen LogP contribution in [0.25, 0.3) is 0 Å². The minimum atomic E-state index is -0.0469. The molecule has 1 saturated carbocycles. The first kappa shape index (κ1) is 31.0. The summed E-state index contributed by atoms with van der Waals surface area (Å²) in [6.07, 6.45) is 7.10. The molecule has 2 saturated heterocycles. The maximum absolute atomic E-state index is 13.9. The lowest BCUT2D eigenvalue weighted by molar-refractivity contribution is -0.129. The Balaban J connectivity index is 1.25. The lowest BCUT2D eigenvalue weighted by Crippen LogP contribution is -2.53. The van der Waals surface area contributed by atoms with Gasteiger partial charge < -0.3 is 28.9 Å². The number of carbonyl (C=O) groups is 2. The van der Waals surface area contributed by atoms with Crippen molar-refractivity contribution in [2.24, 2.45) is 5.92 Å². The zero-order valence-corrected chi connectivity index (χ0v) is 26.5. The molecule has 2 aliphatic heterocycles. The number of urea groups is 1. The van der Waals surface area contributed by atoms with E-state index in [2.05, 4.69) is 25.9 Å². The van der Waals surface area contributed by atoms with E-state index in [4.69, 9.17) is 14.2 Å². The second-order valence-corrected chi connectivity index (χ2v) is 12.5. The minimum Gasteiger partial charge on any atom is -0.496 e. The fourth-order valence-electron chi connectivity index (χ4n) is 6.17. The molecule has 3 amide bonds. The Morgan fingerprint density at radius 3 is 2.44 bits per heavy atom. The molecule has 9 nitrogen and oxygen atoms in total. The van der Waals surface area contributed by atoms with Crippen molar-refractivity contribution >= 4 is 17.6 Å². The van der Waals surface area contributed by atoms with Gasteiger partial charge in [0.1, 0.15) is 5.75 Å².